The Kier molecular flexibility index (Phi) is 5.04. The number of rotatable bonds is 5. The first-order valence-corrected chi connectivity index (χ1v) is 6.77. The second-order valence-corrected chi connectivity index (χ2v) is 5.21. The van der Waals surface area contributed by atoms with Gasteiger partial charge >= 0.3 is 0 Å². The first-order chi connectivity index (χ1) is 8.74. The molecule has 1 aromatic heterocycles. The highest BCUT2D eigenvalue weighted by Gasteiger charge is 2.16. The van der Waals surface area contributed by atoms with Crippen molar-refractivity contribution < 1.29 is 0 Å². The first kappa shape index (κ1) is 13.4. The fourth-order valence-corrected chi connectivity index (χ4v) is 2.41. The fourth-order valence-electron chi connectivity index (χ4n) is 2.23. The van der Waals surface area contributed by atoms with Crippen LogP contribution in [0.1, 0.15) is 5.56 Å². The monoisotopic (exact) mass is 264 g/mol. The lowest BCUT2D eigenvalue weighted by molar-refractivity contribution is 0.147. The molecule has 0 unspecified atom stereocenters. The summed E-state index contributed by atoms with van der Waals surface area (Å²) >= 11 is 4.94. The van der Waals surface area contributed by atoms with E-state index in [0.717, 1.165) is 45.7 Å². The van der Waals surface area contributed by atoms with Crippen LogP contribution in [-0.4, -0.2) is 59.0 Å². The van der Waals surface area contributed by atoms with Gasteiger partial charge in [-0.05, 0) is 24.1 Å². The Bertz CT molecular complexity index is 374. The van der Waals surface area contributed by atoms with Gasteiger partial charge in [-0.3, -0.25) is 9.88 Å². The summed E-state index contributed by atoms with van der Waals surface area (Å²) in [5.74, 6) is 0. The number of nitrogens with two attached hydrogens (primary N) is 1. The number of aromatic nitrogens is 1. The third kappa shape index (κ3) is 4.33. The zero-order valence-electron chi connectivity index (χ0n) is 10.6. The van der Waals surface area contributed by atoms with Crippen molar-refractivity contribution in [3.63, 3.8) is 0 Å². The molecule has 1 aliphatic heterocycles. The average molecular weight is 264 g/mol. The number of thiocarbonyl (C=S) groups is 1. The van der Waals surface area contributed by atoms with E-state index in [4.69, 9.17) is 18.0 Å². The van der Waals surface area contributed by atoms with Gasteiger partial charge < -0.3 is 10.6 Å². The van der Waals surface area contributed by atoms with E-state index in [-0.39, 0.29) is 0 Å². The van der Waals surface area contributed by atoms with Gasteiger partial charge in [-0.1, -0.05) is 12.2 Å². The van der Waals surface area contributed by atoms with E-state index < -0.39 is 0 Å². The van der Waals surface area contributed by atoms with Crippen LogP contribution in [0.3, 0.4) is 0 Å². The largest absolute Gasteiger partial charge is 0.392 e. The topological polar surface area (TPSA) is 45.4 Å². The van der Waals surface area contributed by atoms with E-state index >= 15 is 0 Å². The van der Waals surface area contributed by atoms with Gasteiger partial charge in [0, 0.05) is 51.7 Å². The quantitative estimate of drug-likeness (QED) is 0.786. The molecule has 5 heteroatoms. The molecule has 0 saturated carbocycles. The second-order valence-electron chi connectivity index (χ2n) is 4.69. The van der Waals surface area contributed by atoms with E-state index in [1.807, 2.05) is 12.4 Å². The normalized spacial score (nSPS) is 17.8. The van der Waals surface area contributed by atoms with Crippen LogP contribution >= 0.6 is 12.2 Å². The third-order valence-electron chi connectivity index (χ3n) is 3.31. The molecular weight excluding hydrogens is 244 g/mol. The van der Waals surface area contributed by atoms with Gasteiger partial charge in [0.25, 0.3) is 0 Å². The summed E-state index contributed by atoms with van der Waals surface area (Å²) < 4.78 is 0. The summed E-state index contributed by atoms with van der Waals surface area (Å²) in [6, 6.07) is 4.17. The Hall–Kier alpha value is -1.04. The molecule has 2 N–H and O–H groups in total. The highest BCUT2D eigenvalue weighted by atomic mass is 32.1. The minimum absolute atomic E-state index is 0.597. The number of hydrogen-bond donors (Lipinski definition) is 1. The molecule has 0 atom stereocenters. The summed E-state index contributed by atoms with van der Waals surface area (Å²) in [5, 5.41) is 0. The van der Waals surface area contributed by atoms with Crippen LogP contribution < -0.4 is 5.73 Å². The van der Waals surface area contributed by atoms with Crippen molar-refractivity contribution in [3.8, 4) is 0 Å². The molecule has 0 aromatic carbocycles. The van der Waals surface area contributed by atoms with Gasteiger partial charge in [-0.15, -0.1) is 0 Å². The van der Waals surface area contributed by atoms with Crippen molar-refractivity contribution in [1.29, 1.82) is 0 Å². The summed E-state index contributed by atoms with van der Waals surface area (Å²) in [7, 11) is 0. The third-order valence-corrected chi connectivity index (χ3v) is 3.44. The molecule has 0 aliphatic carbocycles. The van der Waals surface area contributed by atoms with Gasteiger partial charge in [0.05, 0.1) is 4.99 Å². The maximum atomic E-state index is 5.56. The maximum absolute atomic E-state index is 5.56. The van der Waals surface area contributed by atoms with Crippen molar-refractivity contribution in [2.24, 2.45) is 5.73 Å². The van der Waals surface area contributed by atoms with Crippen LogP contribution in [0, 0.1) is 0 Å². The van der Waals surface area contributed by atoms with E-state index in [1.165, 1.54) is 5.56 Å². The summed E-state index contributed by atoms with van der Waals surface area (Å²) in [6.45, 7) is 6.21. The van der Waals surface area contributed by atoms with Gasteiger partial charge in [0.15, 0.2) is 0 Å². The first-order valence-electron chi connectivity index (χ1n) is 6.36. The zero-order valence-corrected chi connectivity index (χ0v) is 11.4. The van der Waals surface area contributed by atoms with Crippen molar-refractivity contribution in [1.82, 2.24) is 14.8 Å². The van der Waals surface area contributed by atoms with E-state index in [9.17, 15) is 0 Å². The number of piperazine rings is 1. The van der Waals surface area contributed by atoms with Crippen molar-refractivity contribution >= 4 is 17.2 Å². The molecule has 0 radical (unpaired) electrons. The van der Waals surface area contributed by atoms with Gasteiger partial charge in [0.1, 0.15) is 0 Å². The number of hydrogen-bond acceptors (Lipinski definition) is 4. The lowest BCUT2D eigenvalue weighted by Crippen LogP contribution is -2.48. The molecule has 98 valence electrons. The lowest BCUT2D eigenvalue weighted by atomic mass is 10.2. The van der Waals surface area contributed by atoms with Crippen molar-refractivity contribution in [2.75, 3.05) is 39.3 Å². The van der Waals surface area contributed by atoms with Crippen LogP contribution in [0.2, 0.25) is 0 Å². The molecule has 1 aromatic rings. The van der Waals surface area contributed by atoms with Crippen LogP contribution in [0.4, 0.5) is 0 Å². The highest BCUT2D eigenvalue weighted by Crippen LogP contribution is 2.04. The molecule has 1 aliphatic rings. The smallest absolute Gasteiger partial charge is 0.0870 e. The number of pyridine rings is 1. The second kappa shape index (κ2) is 6.78. The van der Waals surface area contributed by atoms with E-state index in [1.54, 1.807) is 0 Å². The Labute approximate surface area is 114 Å². The van der Waals surface area contributed by atoms with E-state index in [0.29, 0.717) is 4.99 Å². The highest BCUT2D eigenvalue weighted by molar-refractivity contribution is 7.80. The minimum Gasteiger partial charge on any atom is -0.392 e. The molecule has 0 spiro atoms. The Morgan fingerprint density at radius 1 is 1.17 bits per heavy atom. The molecule has 2 rings (SSSR count). The Morgan fingerprint density at radius 2 is 1.78 bits per heavy atom. The summed E-state index contributed by atoms with van der Waals surface area (Å²) in [4.78, 5) is 9.45. The molecule has 1 fully saturated rings. The minimum atomic E-state index is 0.597. The molecule has 0 amide bonds. The fraction of sp³-hybridized carbons (Fsp3) is 0.538. The summed E-state index contributed by atoms with van der Waals surface area (Å²) in [5.41, 5.74) is 6.92. The summed E-state index contributed by atoms with van der Waals surface area (Å²) in [6.07, 6.45) is 4.81. The van der Waals surface area contributed by atoms with Crippen LogP contribution in [0.15, 0.2) is 24.5 Å². The van der Waals surface area contributed by atoms with Gasteiger partial charge in [-0.2, -0.15) is 0 Å². The van der Waals surface area contributed by atoms with Crippen molar-refractivity contribution in [2.45, 2.75) is 6.42 Å². The van der Waals surface area contributed by atoms with Crippen molar-refractivity contribution in [3.05, 3.63) is 30.1 Å². The van der Waals surface area contributed by atoms with Gasteiger partial charge in [-0.25, -0.2) is 0 Å². The standard InChI is InChI=1S/C13H20N4S/c14-13(18)11-17-9-7-16(8-10-17)6-3-12-1-4-15-5-2-12/h1-2,4-5H,3,6-11H2,(H2,14,18). The Morgan fingerprint density at radius 3 is 2.39 bits per heavy atom. The average Bonchev–Trinajstić information content (AvgIpc) is 2.38. The Balaban J connectivity index is 1.69. The number of nitrogens with zero attached hydrogens (tertiary/aromatic N) is 3. The van der Waals surface area contributed by atoms with E-state index in [2.05, 4.69) is 26.9 Å². The lowest BCUT2D eigenvalue weighted by Gasteiger charge is -2.34. The molecule has 2 heterocycles. The predicted octanol–water partition coefficient (Wildman–Crippen LogP) is 0.528. The van der Waals surface area contributed by atoms with Crippen LogP contribution in [0.25, 0.3) is 0 Å². The predicted molar refractivity (Wildman–Crippen MR) is 77.6 cm³/mol. The molecule has 0 bridgehead atoms. The molecule has 4 nitrogen and oxygen atoms in total. The van der Waals surface area contributed by atoms with Gasteiger partial charge in [0.2, 0.25) is 0 Å². The van der Waals surface area contributed by atoms with Crippen LogP contribution in [-0.2, 0) is 6.42 Å². The van der Waals surface area contributed by atoms with Crippen LogP contribution in [0.5, 0.6) is 0 Å². The SMILES string of the molecule is NC(=S)CN1CCN(CCc2ccncc2)CC1. The molecule has 18 heavy (non-hydrogen) atoms. The zero-order chi connectivity index (χ0) is 12.8. The maximum Gasteiger partial charge on any atom is 0.0870 e. The molecule has 1 saturated heterocycles. The molecular formula is C13H20N4S.